The molecule has 28 heavy (non-hydrogen) atoms. The third-order valence-electron chi connectivity index (χ3n) is 6.16. The van der Waals surface area contributed by atoms with E-state index in [0.29, 0.717) is 19.5 Å². The minimum absolute atomic E-state index is 0.0275. The van der Waals surface area contributed by atoms with Crippen LogP contribution in [0.1, 0.15) is 59.1 Å². The lowest BCUT2D eigenvalue weighted by atomic mass is 10.1. The molecule has 6 nitrogen and oxygen atoms in total. The molecule has 1 aromatic heterocycles. The van der Waals surface area contributed by atoms with Crippen LogP contribution in [0.15, 0.2) is 24.3 Å². The van der Waals surface area contributed by atoms with E-state index in [2.05, 4.69) is 5.10 Å². The fourth-order valence-corrected chi connectivity index (χ4v) is 4.24. The molecule has 148 valence electrons. The summed E-state index contributed by atoms with van der Waals surface area (Å²) >= 11 is 0. The molecule has 0 unspecified atom stereocenters. The zero-order valence-corrected chi connectivity index (χ0v) is 17.1. The Kier molecular flexibility index (Phi) is 4.73. The van der Waals surface area contributed by atoms with Crippen molar-refractivity contribution in [3.05, 3.63) is 52.3 Å². The number of aromatic nitrogens is 2. The first kappa shape index (κ1) is 18.7. The molecule has 2 heterocycles. The fourth-order valence-electron chi connectivity index (χ4n) is 4.24. The molecular formula is C22H28N4O2. The van der Waals surface area contributed by atoms with Crippen molar-refractivity contribution in [2.45, 2.75) is 65.2 Å². The summed E-state index contributed by atoms with van der Waals surface area (Å²) in [6, 6.07) is 7.52. The molecular weight excluding hydrogens is 352 g/mol. The van der Waals surface area contributed by atoms with Crippen molar-refractivity contribution in [1.82, 2.24) is 19.6 Å². The number of carbonyl (C=O) groups is 2. The molecule has 1 saturated carbocycles. The van der Waals surface area contributed by atoms with Gasteiger partial charge in [0.15, 0.2) is 0 Å². The molecule has 0 spiro atoms. The largest absolute Gasteiger partial charge is 0.333 e. The quantitative estimate of drug-likeness (QED) is 0.774. The molecule has 1 atom stereocenters. The number of hydrogen-bond acceptors (Lipinski definition) is 3. The van der Waals surface area contributed by atoms with E-state index in [4.69, 9.17) is 0 Å². The van der Waals surface area contributed by atoms with E-state index in [-0.39, 0.29) is 17.9 Å². The molecule has 0 bridgehead atoms. The maximum absolute atomic E-state index is 13.6. The van der Waals surface area contributed by atoms with Gasteiger partial charge in [-0.2, -0.15) is 5.10 Å². The average molecular weight is 380 g/mol. The summed E-state index contributed by atoms with van der Waals surface area (Å²) in [5, 5.41) is 4.50. The van der Waals surface area contributed by atoms with Gasteiger partial charge in [-0.3, -0.25) is 14.3 Å². The van der Waals surface area contributed by atoms with Gasteiger partial charge in [0.1, 0.15) is 6.04 Å². The van der Waals surface area contributed by atoms with Crippen molar-refractivity contribution in [1.29, 1.82) is 0 Å². The zero-order chi connectivity index (χ0) is 20.0. The van der Waals surface area contributed by atoms with Crippen LogP contribution in [0.25, 0.3) is 0 Å². The minimum Gasteiger partial charge on any atom is -0.333 e. The topological polar surface area (TPSA) is 58.4 Å². The van der Waals surface area contributed by atoms with E-state index < -0.39 is 6.04 Å². The molecule has 1 aliphatic heterocycles. The Morgan fingerprint density at radius 3 is 2.57 bits per heavy atom. The van der Waals surface area contributed by atoms with Gasteiger partial charge in [0.05, 0.1) is 5.69 Å². The van der Waals surface area contributed by atoms with Gasteiger partial charge in [-0.25, -0.2) is 0 Å². The predicted octanol–water partition coefficient (Wildman–Crippen LogP) is 2.96. The first-order valence-corrected chi connectivity index (χ1v) is 10.1. The first-order chi connectivity index (χ1) is 13.4. The first-order valence-electron chi connectivity index (χ1n) is 10.1. The number of aryl methyl sites for hydroxylation is 2. The minimum atomic E-state index is -0.419. The summed E-state index contributed by atoms with van der Waals surface area (Å²) in [6.07, 6.45) is 2.69. The molecule has 4 rings (SSSR count). The Labute approximate surface area is 166 Å². The molecule has 1 aromatic carbocycles. The maximum Gasteiger partial charge on any atom is 0.255 e. The molecule has 2 aliphatic rings. The van der Waals surface area contributed by atoms with E-state index in [1.54, 1.807) is 4.90 Å². The molecule has 6 heteroatoms. The van der Waals surface area contributed by atoms with E-state index in [9.17, 15) is 9.59 Å². The van der Waals surface area contributed by atoms with Gasteiger partial charge in [0.2, 0.25) is 5.91 Å². The van der Waals surface area contributed by atoms with Crippen LogP contribution >= 0.6 is 0 Å². The number of hydrogen-bond donors (Lipinski definition) is 0. The smallest absolute Gasteiger partial charge is 0.255 e. The Hall–Kier alpha value is -2.63. The van der Waals surface area contributed by atoms with E-state index in [0.717, 1.165) is 40.9 Å². The highest BCUT2D eigenvalue weighted by atomic mass is 16.2. The number of amides is 2. The number of fused-ring (bicyclic) bond motifs is 1. The molecule has 2 aromatic rings. The summed E-state index contributed by atoms with van der Waals surface area (Å²) in [4.78, 5) is 30.2. The van der Waals surface area contributed by atoms with Gasteiger partial charge < -0.3 is 9.80 Å². The standard InChI is InChI=1S/C22H28N4O2/c1-5-20(26-12-16-8-6-7-9-18(16)21(26)27)22(28)25(17-10-11-17)13-19-14(2)23-24(4)15(19)3/h6-9,17,20H,5,10-13H2,1-4H3/t20-/m0/s1. The van der Waals surface area contributed by atoms with Crippen LogP contribution in [0.2, 0.25) is 0 Å². The Morgan fingerprint density at radius 2 is 2.00 bits per heavy atom. The van der Waals surface area contributed by atoms with Crippen LogP contribution in [0, 0.1) is 13.8 Å². The van der Waals surface area contributed by atoms with Crippen LogP contribution in [-0.4, -0.2) is 43.5 Å². The summed E-state index contributed by atoms with van der Waals surface area (Å²) in [5.74, 6) is 0.0362. The average Bonchev–Trinajstić information content (AvgIpc) is 3.42. The predicted molar refractivity (Wildman–Crippen MR) is 107 cm³/mol. The van der Waals surface area contributed by atoms with Crippen LogP contribution in [0.3, 0.4) is 0 Å². The molecule has 0 saturated heterocycles. The lowest BCUT2D eigenvalue weighted by Crippen LogP contribution is -2.49. The van der Waals surface area contributed by atoms with Crippen molar-refractivity contribution >= 4 is 11.8 Å². The molecule has 1 aliphatic carbocycles. The van der Waals surface area contributed by atoms with Crippen molar-refractivity contribution in [3.8, 4) is 0 Å². The van der Waals surface area contributed by atoms with Gasteiger partial charge >= 0.3 is 0 Å². The molecule has 2 amide bonds. The molecule has 0 N–H and O–H groups in total. The highest BCUT2D eigenvalue weighted by Gasteiger charge is 2.41. The van der Waals surface area contributed by atoms with Gasteiger partial charge in [-0.15, -0.1) is 0 Å². The van der Waals surface area contributed by atoms with Crippen LogP contribution in [0.5, 0.6) is 0 Å². The van der Waals surface area contributed by atoms with Crippen molar-refractivity contribution in [3.63, 3.8) is 0 Å². The molecule has 0 radical (unpaired) electrons. The highest BCUT2D eigenvalue weighted by Crippen LogP contribution is 2.33. The Bertz CT molecular complexity index is 929. The molecule has 1 fully saturated rings. The van der Waals surface area contributed by atoms with Gasteiger partial charge in [0.25, 0.3) is 5.91 Å². The summed E-state index contributed by atoms with van der Waals surface area (Å²) in [5.41, 5.74) is 4.92. The third kappa shape index (κ3) is 3.11. The van der Waals surface area contributed by atoms with Crippen molar-refractivity contribution in [2.24, 2.45) is 7.05 Å². The zero-order valence-electron chi connectivity index (χ0n) is 17.1. The van der Waals surface area contributed by atoms with E-state index in [1.165, 1.54) is 0 Å². The highest BCUT2D eigenvalue weighted by molar-refractivity contribution is 6.01. The number of rotatable bonds is 6. The van der Waals surface area contributed by atoms with E-state index in [1.807, 2.05) is 61.7 Å². The number of carbonyl (C=O) groups excluding carboxylic acids is 2. The van der Waals surface area contributed by atoms with Crippen LogP contribution in [0.4, 0.5) is 0 Å². The maximum atomic E-state index is 13.6. The van der Waals surface area contributed by atoms with Gasteiger partial charge in [-0.1, -0.05) is 25.1 Å². The van der Waals surface area contributed by atoms with Crippen LogP contribution < -0.4 is 0 Å². The fraction of sp³-hybridized carbons (Fsp3) is 0.500. The summed E-state index contributed by atoms with van der Waals surface area (Å²) in [7, 11) is 1.93. The van der Waals surface area contributed by atoms with Gasteiger partial charge in [0, 0.05) is 43.0 Å². The Balaban J connectivity index is 1.59. The normalized spacial score (nSPS) is 17.0. The Morgan fingerprint density at radius 1 is 1.29 bits per heavy atom. The van der Waals surface area contributed by atoms with Crippen LogP contribution in [-0.2, 0) is 24.9 Å². The second-order valence-corrected chi connectivity index (χ2v) is 7.98. The lowest BCUT2D eigenvalue weighted by Gasteiger charge is -2.32. The number of benzene rings is 1. The lowest BCUT2D eigenvalue weighted by molar-refractivity contribution is -0.137. The van der Waals surface area contributed by atoms with Crippen molar-refractivity contribution in [2.75, 3.05) is 0 Å². The monoisotopic (exact) mass is 380 g/mol. The van der Waals surface area contributed by atoms with E-state index >= 15 is 0 Å². The summed E-state index contributed by atoms with van der Waals surface area (Å²) in [6.45, 7) is 7.12. The van der Waals surface area contributed by atoms with Gasteiger partial charge in [-0.05, 0) is 44.7 Å². The second-order valence-electron chi connectivity index (χ2n) is 7.98. The second kappa shape index (κ2) is 7.08. The van der Waals surface area contributed by atoms with Crippen molar-refractivity contribution < 1.29 is 9.59 Å². The third-order valence-corrected chi connectivity index (χ3v) is 6.16. The SMILES string of the molecule is CC[C@@H](C(=O)N(Cc1c(C)nn(C)c1C)C1CC1)N1Cc2ccccc2C1=O. The summed E-state index contributed by atoms with van der Waals surface area (Å²) < 4.78 is 1.87. The number of nitrogens with zero attached hydrogens (tertiary/aromatic N) is 4.